The maximum Gasteiger partial charge on any atom is 0.120 e. The molecule has 1 aromatic carbocycles. The summed E-state index contributed by atoms with van der Waals surface area (Å²) in [6, 6.07) is 5.30. The summed E-state index contributed by atoms with van der Waals surface area (Å²) >= 11 is 0. The summed E-state index contributed by atoms with van der Waals surface area (Å²) in [5.41, 5.74) is 1.17. The molecule has 4 nitrogen and oxygen atoms in total. The first-order valence-electron chi connectivity index (χ1n) is 6.77. The molecule has 0 radical (unpaired) electrons. The van der Waals surface area contributed by atoms with Crippen LogP contribution in [0.25, 0.3) is 0 Å². The molecular weight excluding hydrogens is 242 g/mol. The van der Waals surface area contributed by atoms with E-state index in [9.17, 15) is 5.11 Å². The van der Waals surface area contributed by atoms with Crippen molar-refractivity contribution in [1.82, 2.24) is 5.32 Å². The summed E-state index contributed by atoms with van der Waals surface area (Å²) in [5.74, 6) is 1.08. The van der Waals surface area contributed by atoms with Crippen molar-refractivity contribution in [3.8, 4) is 11.5 Å². The van der Waals surface area contributed by atoms with Gasteiger partial charge in [0.1, 0.15) is 11.5 Å². The first-order chi connectivity index (χ1) is 9.13. The molecule has 2 rings (SSSR count). The second-order valence-corrected chi connectivity index (χ2v) is 5.52. The molecule has 0 unspecified atom stereocenters. The van der Waals surface area contributed by atoms with Gasteiger partial charge in [-0.05, 0) is 36.5 Å². The second kappa shape index (κ2) is 6.26. The van der Waals surface area contributed by atoms with Crippen molar-refractivity contribution in [3.63, 3.8) is 0 Å². The van der Waals surface area contributed by atoms with Crippen LogP contribution in [0, 0.1) is 5.41 Å². The summed E-state index contributed by atoms with van der Waals surface area (Å²) in [4.78, 5) is 0. The molecule has 0 atom stereocenters. The first-order valence-corrected chi connectivity index (χ1v) is 6.77. The lowest BCUT2D eigenvalue weighted by Gasteiger charge is -2.33. The van der Waals surface area contributed by atoms with Crippen LogP contribution in [0.15, 0.2) is 18.2 Å². The predicted octanol–water partition coefficient (Wildman–Crippen LogP) is 2.31. The van der Waals surface area contributed by atoms with E-state index in [1.165, 1.54) is 0 Å². The van der Waals surface area contributed by atoms with Crippen molar-refractivity contribution in [2.75, 3.05) is 26.9 Å². The molecule has 0 bridgehead atoms. The number of aromatic hydroxyl groups is 1. The van der Waals surface area contributed by atoms with Gasteiger partial charge in [0.2, 0.25) is 0 Å². The molecule has 1 aliphatic rings. The monoisotopic (exact) mass is 265 g/mol. The number of benzene rings is 1. The minimum atomic E-state index is 0.298. The molecule has 19 heavy (non-hydrogen) atoms. The minimum absolute atomic E-state index is 0.298. The number of nitrogens with one attached hydrogen (secondary N) is 1. The average Bonchev–Trinajstić information content (AvgIpc) is 2.41. The zero-order valence-electron chi connectivity index (χ0n) is 11.7. The van der Waals surface area contributed by atoms with Crippen LogP contribution in [-0.4, -0.2) is 32.0 Å². The molecule has 1 saturated heterocycles. The van der Waals surface area contributed by atoms with Crippen molar-refractivity contribution in [2.45, 2.75) is 26.3 Å². The van der Waals surface area contributed by atoms with E-state index in [2.05, 4.69) is 12.2 Å². The molecule has 4 heteroatoms. The molecule has 2 N–H and O–H groups in total. The van der Waals surface area contributed by atoms with Gasteiger partial charge in [-0.15, -0.1) is 0 Å². The summed E-state index contributed by atoms with van der Waals surface area (Å²) in [6.45, 7) is 5.58. The maximum absolute atomic E-state index is 9.82. The molecule has 1 heterocycles. The van der Waals surface area contributed by atoms with E-state index < -0.39 is 0 Å². The highest BCUT2D eigenvalue weighted by molar-refractivity contribution is 5.39. The van der Waals surface area contributed by atoms with Crippen molar-refractivity contribution in [2.24, 2.45) is 5.41 Å². The molecule has 1 aliphatic heterocycles. The fraction of sp³-hybridized carbons (Fsp3) is 0.600. The highest BCUT2D eigenvalue weighted by Gasteiger charge is 2.26. The van der Waals surface area contributed by atoms with Gasteiger partial charge in [-0.25, -0.2) is 0 Å². The van der Waals surface area contributed by atoms with E-state index in [1.807, 2.05) is 6.07 Å². The third kappa shape index (κ3) is 3.85. The van der Waals surface area contributed by atoms with Crippen molar-refractivity contribution in [3.05, 3.63) is 23.8 Å². The number of methoxy groups -OCH3 is 1. The van der Waals surface area contributed by atoms with Crippen LogP contribution < -0.4 is 10.1 Å². The van der Waals surface area contributed by atoms with Crippen LogP contribution in [0.4, 0.5) is 0 Å². The molecular formula is C15H23NO3. The Bertz CT molecular complexity index is 414. The molecule has 0 spiro atoms. The molecule has 1 aromatic rings. The summed E-state index contributed by atoms with van der Waals surface area (Å²) < 4.78 is 10.6. The Kier molecular flexibility index (Phi) is 4.66. The van der Waals surface area contributed by atoms with Crippen LogP contribution in [0.1, 0.15) is 25.3 Å². The lowest BCUT2D eigenvalue weighted by Crippen LogP contribution is -2.36. The number of rotatable bonds is 5. The van der Waals surface area contributed by atoms with Gasteiger partial charge in [0.05, 0.1) is 7.11 Å². The Morgan fingerprint density at radius 2 is 2.11 bits per heavy atom. The second-order valence-electron chi connectivity index (χ2n) is 5.52. The first kappa shape index (κ1) is 14.2. The number of hydrogen-bond acceptors (Lipinski definition) is 4. The fourth-order valence-electron chi connectivity index (χ4n) is 2.37. The Balaban J connectivity index is 1.88. The zero-order valence-corrected chi connectivity index (χ0v) is 11.7. The minimum Gasteiger partial charge on any atom is -0.508 e. The molecule has 0 saturated carbocycles. The van der Waals surface area contributed by atoms with Gasteiger partial charge >= 0.3 is 0 Å². The van der Waals surface area contributed by atoms with E-state index in [4.69, 9.17) is 9.47 Å². The summed E-state index contributed by atoms with van der Waals surface area (Å²) in [5, 5.41) is 13.2. The van der Waals surface area contributed by atoms with Gasteiger partial charge < -0.3 is 19.9 Å². The van der Waals surface area contributed by atoms with Gasteiger partial charge in [0, 0.05) is 31.9 Å². The number of ether oxygens (including phenoxy) is 2. The zero-order chi connectivity index (χ0) is 13.7. The molecule has 1 fully saturated rings. The Morgan fingerprint density at radius 1 is 1.37 bits per heavy atom. The SMILES string of the molecule is COc1ccc(O)c(CNCC2(C)CCOCC2)c1. The Labute approximate surface area is 114 Å². The van der Waals surface area contributed by atoms with Gasteiger partial charge in [0.15, 0.2) is 0 Å². The van der Waals surface area contributed by atoms with Crippen molar-refractivity contribution < 1.29 is 14.6 Å². The highest BCUT2D eigenvalue weighted by Crippen LogP contribution is 2.29. The Morgan fingerprint density at radius 3 is 2.79 bits per heavy atom. The molecule has 0 amide bonds. The lowest BCUT2D eigenvalue weighted by molar-refractivity contribution is 0.0240. The van der Waals surface area contributed by atoms with Crippen molar-refractivity contribution in [1.29, 1.82) is 0 Å². The topological polar surface area (TPSA) is 50.7 Å². The van der Waals surface area contributed by atoms with Gasteiger partial charge in [-0.2, -0.15) is 0 Å². The third-order valence-corrected chi connectivity index (χ3v) is 3.85. The van der Waals surface area contributed by atoms with Crippen LogP contribution in [0.3, 0.4) is 0 Å². The van der Waals surface area contributed by atoms with E-state index >= 15 is 0 Å². The van der Waals surface area contributed by atoms with E-state index in [-0.39, 0.29) is 0 Å². The number of phenolic OH excluding ortho intramolecular Hbond substituents is 1. The van der Waals surface area contributed by atoms with E-state index in [1.54, 1.807) is 19.2 Å². The number of hydrogen-bond donors (Lipinski definition) is 2. The molecule has 106 valence electrons. The average molecular weight is 265 g/mol. The Hall–Kier alpha value is -1.26. The fourth-order valence-corrected chi connectivity index (χ4v) is 2.37. The largest absolute Gasteiger partial charge is 0.508 e. The number of phenols is 1. The van der Waals surface area contributed by atoms with Crippen LogP contribution in [0.2, 0.25) is 0 Å². The van der Waals surface area contributed by atoms with E-state index in [0.29, 0.717) is 17.7 Å². The van der Waals surface area contributed by atoms with Crippen LogP contribution in [0.5, 0.6) is 11.5 Å². The third-order valence-electron chi connectivity index (χ3n) is 3.85. The van der Waals surface area contributed by atoms with Crippen LogP contribution in [-0.2, 0) is 11.3 Å². The summed E-state index contributed by atoms with van der Waals surface area (Å²) in [6.07, 6.45) is 2.17. The van der Waals surface area contributed by atoms with Gasteiger partial charge in [-0.3, -0.25) is 0 Å². The predicted molar refractivity (Wildman–Crippen MR) is 74.5 cm³/mol. The molecule has 0 aliphatic carbocycles. The normalized spacial score (nSPS) is 18.2. The smallest absolute Gasteiger partial charge is 0.120 e. The van der Waals surface area contributed by atoms with E-state index in [0.717, 1.165) is 43.9 Å². The van der Waals surface area contributed by atoms with Gasteiger partial charge in [0.25, 0.3) is 0 Å². The maximum atomic E-state index is 9.82. The summed E-state index contributed by atoms with van der Waals surface area (Å²) in [7, 11) is 1.63. The van der Waals surface area contributed by atoms with Crippen molar-refractivity contribution >= 4 is 0 Å². The standard InChI is InChI=1S/C15H23NO3/c1-15(5-7-19-8-6-15)11-16-10-12-9-13(18-2)3-4-14(12)17/h3-4,9,16-17H,5-8,10-11H2,1-2H3. The van der Waals surface area contributed by atoms with Crippen LogP contribution >= 0.6 is 0 Å². The van der Waals surface area contributed by atoms with Gasteiger partial charge in [-0.1, -0.05) is 6.92 Å². The quantitative estimate of drug-likeness (QED) is 0.858. The lowest BCUT2D eigenvalue weighted by atomic mass is 9.82. The molecule has 0 aromatic heterocycles. The highest BCUT2D eigenvalue weighted by atomic mass is 16.5.